The standard InChI is InChI=1S/C19H29FI.FH/c1-3-4-5-6-7-8-9-10-11-18(20)16-21-19-14-12-17(2)13-15-19;/h12-16H,3-11H2,1-2H3;1H/q+1;/p-1/b18-16+;. The molecule has 0 saturated heterocycles. The van der Waals surface area contributed by atoms with Crippen LogP contribution in [-0.4, -0.2) is 0 Å². The van der Waals surface area contributed by atoms with Gasteiger partial charge in [0.1, 0.15) is 5.83 Å². The number of aryl methyl sites for hydroxylation is 1. The molecule has 0 aliphatic heterocycles. The second-order valence-electron chi connectivity index (χ2n) is 5.69. The van der Waals surface area contributed by atoms with Crippen LogP contribution in [0.3, 0.4) is 0 Å². The van der Waals surface area contributed by atoms with E-state index in [0.717, 1.165) is 6.42 Å². The van der Waals surface area contributed by atoms with Crippen LogP contribution >= 0.6 is 0 Å². The van der Waals surface area contributed by atoms with Crippen molar-refractivity contribution in [1.29, 1.82) is 0 Å². The zero-order valence-corrected chi connectivity index (χ0v) is 16.0. The van der Waals surface area contributed by atoms with Crippen molar-refractivity contribution >= 4 is 0 Å². The molecule has 0 aliphatic carbocycles. The maximum absolute atomic E-state index is 13.7. The zero-order chi connectivity index (χ0) is 15.3. The smallest absolute Gasteiger partial charge is 0.352 e. The van der Waals surface area contributed by atoms with Gasteiger partial charge in [0.25, 0.3) is 0 Å². The maximum Gasteiger partial charge on any atom is 0.352 e. The third-order valence-corrected chi connectivity index (χ3v) is 6.00. The van der Waals surface area contributed by atoms with Gasteiger partial charge in [-0.25, -0.2) is 4.39 Å². The quantitative estimate of drug-likeness (QED) is 0.362. The average molecular weight is 422 g/mol. The van der Waals surface area contributed by atoms with Crippen molar-refractivity contribution in [1.82, 2.24) is 0 Å². The summed E-state index contributed by atoms with van der Waals surface area (Å²) >= 11 is -0.300. The number of halogens is 3. The van der Waals surface area contributed by atoms with Crippen molar-refractivity contribution in [3.05, 3.63) is 43.3 Å². The summed E-state index contributed by atoms with van der Waals surface area (Å²) in [6.07, 6.45) is 10.8. The maximum atomic E-state index is 13.7. The number of hydrogen-bond acceptors (Lipinski definition) is 0. The first-order chi connectivity index (χ1) is 10.2. The van der Waals surface area contributed by atoms with Crippen LogP contribution in [0.2, 0.25) is 0 Å². The summed E-state index contributed by atoms with van der Waals surface area (Å²) in [7, 11) is 0. The molecule has 0 fully saturated rings. The highest BCUT2D eigenvalue weighted by atomic mass is 127. The zero-order valence-electron chi connectivity index (χ0n) is 13.9. The largest absolute Gasteiger partial charge is 1.00 e. The molecule has 0 aliphatic rings. The number of hydrogen-bond donors (Lipinski definition) is 0. The lowest BCUT2D eigenvalue weighted by Crippen LogP contribution is -3.59. The van der Waals surface area contributed by atoms with Crippen molar-refractivity contribution in [3.63, 3.8) is 0 Å². The van der Waals surface area contributed by atoms with Crippen molar-refractivity contribution in [2.75, 3.05) is 0 Å². The molecule has 0 saturated carbocycles. The minimum absolute atomic E-state index is 0. The molecular weight excluding hydrogens is 393 g/mol. The van der Waals surface area contributed by atoms with Gasteiger partial charge in [-0.15, -0.1) is 0 Å². The van der Waals surface area contributed by atoms with E-state index in [0.29, 0.717) is 6.42 Å². The van der Waals surface area contributed by atoms with Crippen LogP contribution < -0.4 is 25.9 Å². The molecule has 0 heterocycles. The second kappa shape index (κ2) is 14.2. The number of unbranched alkanes of at least 4 members (excludes halogenated alkanes) is 7. The van der Waals surface area contributed by atoms with Gasteiger partial charge in [0, 0.05) is 6.42 Å². The van der Waals surface area contributed by atoms with Crippen molar-refractivity contribution in [2.24, 2.45) is 0 Å². The molecule has 0 atom stereocenters. The van der Waals surface area contributed by atoms with Crippen LogP contribution in [0.4, 0.5) is 4.39 Å². The number of benzene rings is 1. The molecule has 0 nitrogen and oxygen atoms in total. The Hall–Kier alpha value is -0.450. The van der Waals surface area contributed by atoms with Gasteiger partial charge in [0.2, 0.25) is 0 Å². The van der Waals surface area contributed by atoms with E-state index in [1.165, 1.54) is 54.1 Å². The fraction of sp³-hybridized carbons (Fsp3) is 0.579. The summed E-state index contributed by atoms with van der Waals surface area (Å²) in [5.74, 6) is 0.106. The molecule has 0 aromatic heterocycles. The fourth-order valence-electron chi connectivity index (χ4n) is 2.21. The predicted molar refractivity (Wildman–Crippen MR) is 86.3 cm³/mol. The van der Waals surface area contributed by atoms with E-state index in [2.05, 4.69) is 38.1 Å². The summed E-state index contributed by atoms with van der Waals surface area (Å²) in [4.78, 5) is 0. The molecule has 0 amide bonds. The van der Waals surface area contributed by atoms with Crippen LogP contribution in [0.5, 0.6) is 0 Å². The van der Waals surface area contributed by atoms with Gasteiger partial charge in [0.15, 0.2) is 7.65 Å². The SMILES string of the molecule is CCCCCCCCCC/C(F)=C\[I+]c1ccc(C)cc1.[F-]. The molecule has 0 spiro atoms. The highest BCUT2D eigenvalue weighted by molar-refractivity contribution is 5.11. The summed E-state index contributed by atoms with van der Waals surface area (Å²) in [6.45, 7) is 4.33. The van der Waals surface area contributed by atoms with Crippen LogP contribution in [0.15, 0.2) is 34.2 Å². The lowest BCUT2D eigenvalue weighted by atomic mass is 10.1. The Labute approximate surface area is 145 Å². The molecule has 1 aromatic rings. The van der Waals surface area contributed by atoms with E-state index in [-0.39, 0.29) is 31.7 Å². The summed E-state index contributed by atoms with van der Waals surface area (Å²) in [6, 6.07) is 8.48. The van der Waals surface area contributed by atoms with Gasteiger partial charge in [-0.3, -0.25) is 0 Å². The molecule has 0 bridgehead atoms. The van der Waals surface area contributed by atoms with E-state index in [1.807, 2.05) is 4.08 Å². The van der Waals surface area contributed by atoms with E-state index < -0.39 is 0 Å². The topological polar surface area (TPSA) is 0 Å². The normalized spacial score (nSPS) is 11.3. The Kier molecular flexibility index (Phi) is 13.9. The van der Waals surface area contributed by atoms with Crippen molar-refractivity contribution in [2.45, 2.75) is 71.6 Å². The Bertz CT molecular complexity index is 398. The first-order valence-corrected chi connectivity index (χ1v) is 10.6. The van der Waals surface area contributed by atoms with E-state index >= 15 is 0 Å². The minimum Gasteiger partial charge on any atom is -1.00 e. The van der Waals surface area contributed by atoms with E-state index in [4.69, 9.17) is 0 Å². The first kappa shape index (κ1) is 21.6. The Morgan fingerprint density at radius 2 is 1.50 bits per heavy atom. The van der Waals surface area contributed by atoms with Gasteiger partial charge in [0.05, 0.1) is 0 Å². The first-order valence-electron chi connectivity index (χ1n) is 8.27. The third kappa shape index (κ3) is 11.2. The summed E-state index contributed by atoms with van der Waals surface area (Å²) < 4.78 is 16.9. The lowest BCUT2D eigenvalue weighted by molar-refractivity contribution is -0.558. The Morgan fingerprint density at radius 1 is 0.955 bits per heavy atom. The van der Waals surface area contributed by atoms with E-state index in [9.17, 15) is 4.39 Å². The van der Waals surface area contributed by atoms with Crippen molar-refractivity contribution in [3.8, 4) is 0 Å². The van der Waals surface area contributed by atoms with Crippen LogP contribution in [-0.2, 0) is 0 Å². The van der Waals surface area contributed by atoms with E-state index in [1.54, 1.807) is 0 Å². The molecule has 1 rings (SSSR count). The summed E-state index contributed by atoms with van der Waals surface area (Å²) in [5, 5.41) is 0. The molecule has 0 unspecified atom stereocenters. The number of rotatable bonds is 11. The Balaban J connectivity index is 0.00000441. The van der Waals surface area contributed by atoms with Gasteiger partial charge >= 0.3 is 21.2 Å². The molecular formula is C19H29F2I. The molecule has 3 heteroatoms. The highest BCUT2D eigenvalue weighted by Crippen LogP contribution is 2.12. The predicted octanol–water partition coefficient (Wildman–Crippen LogP) is 0.599. The molecule has 126 valence electrons. The van der Waals surface area contributed by atoms with Gasteiger partial charge in [-0.05, 0) is 25.5 Å². The van der Waals surface area contributed by atoms with Gasteiger partial charge in [-0.1, -0.05) is 69.6 Å². The molecule has 0 N–H and O–H groups in total. The highest BCUT2D eigenvalue weighted by Gasteiger charge is 2.10. The van der Waals surface area contributed by atoms with Gasteiger partial charge < -0.3 is 4.70 Å². The molecule has 1 aromatic carbocycles. The van der Waals surface area contributed by atoms with Crippen LogP contribution in [0.1, 0.15) is 70.3 Å². The van der Waals surface area contributed by atoms with Crippen LogP contribution in [0, 0.1) is 10.5 Å². The number of allylic oxidation sites excluding steroid dienone is 1. The second-order valence-corrected chi connectivity index (χ2v) is 8.18. The third-order valence-electron chi connectivity index (χ3n) is 3.58. The average Bonchev–Trinajstić information content (AvgIpc) is 2.49. The minimum atomic E-state index is -0.300. The molecule has 0 radical (unpaired) electrons. The monoisotopic (exact) mass is 422 g/mol. The van der Waals surface area contributed by atoms with Gasteiger partial charge in [-0.2, -0.15) is 0 Å². The fourth-order valence-corrected chi connectivity index (χ4v) is 3.99. The van der Waals surface area contributed by atoms with Crippen LogP contribution in [0.25, 0.3) is 0 Å². The summed E-state index contributed by atoms with van der Waals surface area (Å²) in [5.41, 5.74) is 1.27. The lowest BCUT2D eigenvalue weighted by Gasteiger charge is -2.00. The molecule has 22 heavy (non-hydrogen) atoms. The Morgan fingerprint density at radius 3 is 2.09 bits per heavy atom. The van der Waals surface area contributed by atoms with Crippen molar-refractivity contribution < 1.29 is 30.3 Å².